The molecule has 1 saturated heterocycles. The topological polar surface area (TPSA) is 127 Å². The Kier molecular flexibility index (Phi) is 6.83. The number of fused-ring (bicyclic) bond motifs is 2. The summed E-state index contributed by atoms with van der Waals surface area (Å²) in [5.74, 6) is 3.62. The molecule has 0 aliphatic carbocycles. The molecule has 4 aromatic rings. The number of benzene rings is 2. The molecule has 1 unspecified atom stereocenters. The lowest BCUT2D eigenvalue weighted by Crippen LogP contribution is -2.58. The van der Waals surface area contributed by atoms with Gasteiger partial charge in [-0.2, -0.15) is 0 Å². The SMILES string of the molecule is O=C(NCc1ccc2c(c1)OCO2)C1CN(c2cc(-c3ncc[nH]3)ncn2)CCN1Cc1ccc2c(c1)COCO2. The largest absolute Gasteiger partial charge is 0.467 e. The number of piperazine rings is 1. The zero-order valence-corrected chi connectivity index (χ0v) is 22.3. The van der Waals surface area contributed by atoms with Crippen LogP contribution in [-0.4, -0.2) is 70.0 Å². The van der Waals surface area contributed by atoms with Gasteiger partial charge >= 0.3 is 0 Å². The lowest BCUT2D eigenvalue weighted by Gasteiger charge is -2.41. The highest BCUT2D eigenvalue weighted by molar-refractivity contribution is 5.83. The van der Waals surface area contributed by atoms with E-state index < -0.39 is 6.04 Å². The average Bonchev–Trinajstić information content (AvgIpc) is 3.73. The third-order valence-electron chi connectivity index (χ3n) is 7.48. The number of imidazole rings is 1. The second-order valence-electron chi connectivity index (χ2n) is 10.1. The van der Waals surface area contributed by atoms with E-state index in [9.17, 15) is 4.79 Å². The maximum atomic E-state index is 13.7. The van der Waals surface area contributed by atoms with E-state index in [1.165, 1.54) is 6.33 Å². The first-order valence-corrected chi connectivity index (χ1v) is 13.5. The van der Waals surface area contributed by atoms with Crippen molar-refractivity contribution in [3.05, 3.63) is 77.9 Å². The van der Waals surface area contributed by atoms with E-state index >= 15 is 0 Å². The van der Waals surface area contributed by atoms with Crippen molar-refractivity contribution in [1.29, 1.82) is 0 Å². The van der Waals surface area contributed by atoms with Gasteiger partial charge in [0.1, 0.15) is 29.6 Å². The van der Waals surface area contributed by atoms with E-state index in [-0.39, 0.29) is 19.5 Å². The molecule has 12 heteroatoms. The molecule has 1 fully saturated rings. The van der Waals surface area contributed by atoms with Gasteiger partial charge in [0.2, 0.25) is 12.7 Å². The number of amides is 1. The summed E-state index contributed by atoms with van der Waals surface area (Å²) in [6.07, 6.45) is 4.98. The highest BCUT2D eigenvalue weighted by Gasteiger charge is 2.33. The van der Waals surface area contributed by atoms with Crippen molar-refractivity contribution < 1.29 is 23.7 Å². The normalized spacial score (nSPS) is 18.0. The van der Waals surface area contributed by atoms with Crippen LogP contribution in [-0.2, 0) is 29.2 Å². The van der Waals surface area contributed by atoms with Crippen molar-refractivity contribution in [1.82, 2.24) is 30.2 Å². The summed E-state index contributed by atoms with van der Waals surface area (Å²) >= 11 is 0. The Hall–Kier alpha value is -4.68. The Balaban J connectivity index is 1.11. The minimum atomic E-state index is -0.414. The number of hydrogen-bond donors (Lipinski definition) is 2. The number of nitrogens with zero attached hydrogens (tertiary/aromatic N) is 5. The molecule has 0 bridgehead atoms. The van der Waals surface area contributed by atoms with Gasteiger partial charge in [-0.15, -0.1) is 0 Å². The molecule has 1 amide bonds. The molecule has 2 aromatic carbocycles. The number of carbonyl (C=O) groups is 1. The zero-order valence-electron chi connectivity index (χ0n) is 22.3. The molecule has 12 nitrogen and oxygen atoms in total. The zero-order chi connectivity index (χ0) is 27.6. The summed E-state index contributed by atoms with van der Waals surface area (Å²) in [5, 5.41) is 3.14. The molecule has 41 heavy (non-hydrogen) atoms. The molecule has 2 aromatic heterocycles. The number of aromatic amines is 1. The fourth-order valence-electron chi connectivity index (χ4n) is 5.36. The van der Waals surface area contributed by atoms with Crippen LogP contribution in [0.5, 0.6) is 17.2 Å². The summed E-state index contributed by atoms with van der Waals surface area (Å²) in [7, 11) is 0. The first kappa shape index (κ1) is 25.3. The summed E-state index contributed by atoms with van der Waals surface area (Å²) in [6.45, 7) is 3.84. The van der Waals surface area contributed by atoms with Crippen LogP contribution in [0.4, 0.5) is 5.82 Å². The van der Waals surface area contributed by atoms with Crippen LogP contribution in [0, 0.1) is 0 Å². The number of H-pyrrole nitrogens is 1. The Morgan fingerprint density at radius 2 is 1.83 bits per heavy atom. The molecule has 3 aliphatic heterocycles. The monoisotopic (exact) mass is 555 g/mol. The molecule has 2 N–H and O–H groups in total. The van der Waals surface area contributed by atoms with Crippen molar-refractivity contribution >= 4 is 11.7 Å². The molecule has 0 saturated carbocycles. The van der Waals surface area contributed by atoms with Gasteiger partial charge in [0.15, 0.2) is 24.1 Å². The van der Waals surface area contributed by atoms with E-state index in [1.807, 2.05) is 30.3 Å². The lowest BCUT2D eigenvalue weighted by molar-refractivity contribution is -0.127. The molecule has 1 atom stereocenters. The van der Waals surface area contributed by atoms with Crippen LogP contribution in [0.25, 0.3) is 11.5 Å². The van der Waals surface area contributed by atoms with Gasteiger partial charge in [0, 0.05) is 56.7 Å². The highest BCUT2D eigenvalue weighted by Crippen LogP contribution is 2.32. The number of anilines is 1. The van der Waals surface area contributed by atoms with Crippen LogP contribution in [0.15, 0.2) is 61.2 Å². The molecule has 210 valence electrons. The van der Waals surface area contributed by atoms with Gasteiger partial charge in [-0.25, -0.2) is 15.0 Å². The highest BCUT2D eigenvalue weighted by atomic mass is 16.7. The smallest absolute Gasteiger partial charge is 0.239 e. The Morgan fingerprint density at radius 1 is 0.951 bits per heavy atom. The lowest BCUT2D eigenvalue weighted by atomic mass is 10.1. The fraction of sp³-hybridized carbons (Fsp3) is 0.310. The Morgan fingerprint density at radius 3 is 2.76 bits per heavy atom. The molecular weight excluding hydrogens is 526 g/mol. The predicted molar refractivity (Wildman–Crippen MR) is 147 cm³/mol. The Bertz CT molecular complexity index is 1550. The second-order valence-corrected chi connectivity index (χ2v) is 10.1. The van der Waals surface area contributed by atoms with Gasteiger partial charge < -0.3 is 34.1 Å². The standard InChI is InChI=1S/C29H29N7O5/c37-29(32-12-19-1-4-25-26(10-19)41-18-40-25)23-14-36(27-11-22(33-16-34-27)28-30-5-6-31-28)8-7-35(23)13-20-2-3-24-21(9-20)15-38-17-39-24/h1-6,9-11,16,23H,7-8,12-15,17-18H2,(H,30,31)(H,32,37). The summed E-state index contributed by atoms with van der Waals surface area (Å²) in [4.78, 5) is 34.4. The third kappa shape index (κ3) is 5.39. The number of ether oxygens (including phenoxy) is 4. The number of aromatic nitrogens is 4. The van der Waals surface area contributed by atoms with Gasteiger partial charge in [0.05, 0.1) is 6.61 Å². The fourth-order valence-corrected chi connectivity index (χ4v) is 5.36. The van der Waals surface area contributed by atoms with Gasteiger partial charge in [-0.05, 0) is 35.4 Å². The molecule has 5 heterocycles. The molecule has 0 spiro atoms. The van der Waals surface area contributed by atoms with E-state index in [4.69, 9.17) is 18.9 Å². The van der Waals surface area contributed by atoms with Crippen molar-refractivity contribution in [2.75, 3.05) is 38.1 Å². The molecule has 3 aliphatic rings. The van der Waals surface area contributed by atoms with Crippen LogP contribution < -0.4 is 24.4 Å². The van der Waals surface area contributed by atoms with Crippen molar-refractivity contribution in [3.63, 3.8) is 0 Å². The maximum Gasteiger partial charge on any atom is 0.239 e. The van der Waals surface area contributed by atoms with Crippen molar-refractivity contribution in [3.8, 4) is 28.8 Å². The second kappa shape index (κ2) is 11.1. The third-order valence-corrected chi connectivity index (χ3v) is 7.48. The maximum absolute atomic E-state index is 13.7. The summed E-state index contributed by atoms with van der Waals surface area (Å²) in [6, 6.07) is 13.3. The van der Waals surface area contributed by atoms with Gasteiger partial charge in [0.25, 0.3) is 0 Å². The van der Waals surface area contributed by atoms with Gasteiger partial charge in [-0.3, -0.25) is 9.69 Å². The number of nitrogens with one attached hydrogen (secondary N) is 2. The van der Waals surface area contributed by atoms with E-state index in [0.29, 0.717) is 62.3 Å². The number of hydrogen-bond acceptors (Lipinski definition) is 10. The van der Waals surface area contributed by atoms with Crippen LogP contribution >= 0.6 is 0 Å². The number of carbonyl (C=O) groups excluding carboxylic acids is 1. The van der Waals surface area contributed by atoms with Crippen molar-refractivity contribution in [2.45, 2.75) is 25.7 Å². The summed E-state index contributed by atoms with van der Waals surface area (Å²) in [5.41, 5.74) is 3.75. The average molecular weight is 556 g/mol. The molecular formula is C29H29N7O5. The van der Waals surface area contributed by atoms with E-state index in [0.717, 1.165) is 28.3 Å². The van der Waals surface area contributed by atoms with E-state index in [2.05, 4.69) is 47.2 Å². The quantitative estimate of drug-likeness (QED) is 0.351. The first-order valence-electron chi connectivity index (χ1n) is 13.5. The number of rotatable bonds is 7. The molecule has 7 rings (SSSR count). The Labute approximate surface area is 236 Å². The van der Waals surface area contributed by atoms with E-state index in [1.54, 1.807) is 12.4 Å². The van der Waals surface area contributed by atoms with Crippen LogP contribution in [0.1, 0.15) is 16.7 Å². The first-order chi connectivity index (χ1) is 20.2. The predicted octanol–water partition coefficient (Wildman–Crippen LogP) is 2.47. The molecule has 0 radical (unpaired) electrons. The van der Waals surface area contributed by atoms with Crippen LogP contribution in [0.2, 0.25) is 0 Å². The summed E-state index contributed by atoms with van der Waals surface area (Å²) < 4.78 is 22.0. The minimum Gasteiger partial charge on any atom is -0.467 e. The van der Waals surface area contributed by atoms with Crippen molar-refractivity contribution in [2.24, 2.45) is 0 Å². The minimum absolute atomic E-state index is 0.0580. The van der Waals surface area contributed by atoms with Crippen LogP contribution in [0.3, 0.4) is 0 Å². The van der Waals surface area contributed by atoms with Gasteiger partial charge in [-0.1, -0.05) is 12.1 Å².